The molecule has 0 aromatic carbocycles. The Hall–Kier alpha value is -2.08. The zero-order chi connectivity index (χ0) is 12.8. The predicted octanol–water partition coefficient (Wildman–Crippen LogP) is 2.17. The van der Waals surface area contributed by atoms with Gasteiger partial charge in [-0.1, -0.05) is 24.3 Å². The molecular weight excluding hydrogens is 248 g/mol. The summed E-state index contributed by atoms with van der Waals surface area (Å²) in [4.78, 5) is 25.6. The first-order valence-electron chi connectivity index (χ1n) is 4.49. The molecule has 0 unspecified atom stereocenters. The van der Waals surface area contributed by atoms with Crippen LogP contribution in [0.25, 0.3) is 0 Å². The number of carbonyl (C=O) groups is 2. The molecule has 2 N–H and O–H groups in total. The van der Waals surface area contributed by atoms with Crippen molar-refractivity contribution in [2.45, 2.75) is 0 Å². The van der Waals surface area contributed by atoms with Gasteiger partial charge in [0.15, 0.2) is 5.69 Å². The maximum Gasteiger partial charge on any atom is 0.412 e. The number of carboxylic acid groups (broad SMARTS) is 1. The molecule has 0 aliphatic carbocycles. The molecule has 7 heteroatoms. The lowest BCUT2D eigenvalue weighted by atomic mass is 10.3. The number of nitrogens with zero attached hydrogens (tertiary/aromatic N) is 1. The summed E-state index contributed by atoms with van der Waals surface area (Å²) in [5, 5.41) is 11.1. The molecule has 0 aliphatic heterocycles. The van der Waals surface area contributed by atoms with E-state index < -0.39 is 12.1 Å². The first-order valence-corrected chi connectivity index (χ1v) is 4.87. The molecule has 1 aromatic heterocycles. The van der Waals surface area contributed by atoms with E-state index in [4.69, 9.17) is 16.7 Å². The summed E-state index contributed by atoms with van der Waals surface area (Å²) in [5.41, 5.74) is -0.344. The highest BCUT2D eigenvalue weighted by atomic mass is 35.5. The lowest BCUT2D eigenvalue weighted by Gasteiger charge is -2.07. The standard InChI is InChI=1S/C10H9ClN2O4/c1-2-5-17-10(16)12-6-3-4-7(11)13-8(6)9(14)15/h2-4H,1,5H2,(H,12,16)(H,14,15). The molecule has 1 aromatic rings. The molecule has 17 heavy (non-hydrogen) atoms. The van der Waals surface area contributed by atoms with Crippen molar-refractivity contribution in [2.75, 3.05) is 11.9 Å². The lowest BCUT2D eigenvalue weighted by Crippen LogP contribution is -2.17. The van der Waals surface area contributed by atoms with Gasteiger partial charge in [0.1, 0.15) is 11.8 Å². The highest BCUT2D eigenvalue weighted by molar-refractivity contribution is 6.29. The number of pyridine rings is 1. The van der Waals surface area contributed by atoms with Crippen LogP contribution in [0.15, 0.2) is 24.8 Å². The summed E-state index contributed by atoms with van der Waals surface area (Å²) in [5.74, 6) is -1.30. The molecule has 0 spiro atoms. The van der Waals surface area contributed by atoms with Gasteiger partial charge < -0.3 is 9.84 Å². The summed E-state index contributed by atoms with van der Waals surface area (Å²) < 4.78 is 4.64. The number of amides is 1. The number of carbonyl (C=O) groups excluding carboxylic acids is 1. The Kier molecular flexibility index (Phi) is 4.47. The first kappa shape index (κ1) is 13.0. The maximum atomic E-state index is 11.2. The van der Waals surface area contributed by atoms with Crippen LogP contribution in [0.4, 0.5) is 10.5 Å². The van der Waals surface area contributed by atoms with Crippen molar-refractivity contribution in [2.24, 2.45) is 0 Å². The molecular formula is C10H9ClN2O4. The van der Waals surface area contributed by atoms with Gasteiger partial charge in [0.05, 0.1) is 5.69 Å². The number of carboxylic acids is 1. The molecule has 1 amide bonds. The average molecular weight is 257 g/mol. The summed E-state index contributed by atoms with van der Waals surface area (Å²) in [6.07, 6.45) is 0.592. The van der Waals surface area contributed by atoms with E-state index in [9.17, 15) is 9.59 Å². The normalized spacial score (nSPS) is 9.47. The minimum absolute atomic E-state index is 0.0102. The lowest BCUT2D eigenvalue weighted by molar-refractivity contribution is 0.0691. The molecule has 1 heterocycles. The summed E-state index contributed by atoms with van der Waals surface area (Å²) in [6, 6.07) is 2.69. The van der Waals surface area contributed by atoms with Gasteiger partial charge in [-0.3, -0.25) is 5.32 Å². The van der Waals surface area contributed by atoms with Gasteiger partial charge in [-0.25, -0.2) is 14.6 Å². The van der Waals surface area contributed by atoms with E-state index in [0.717, 1.165) is 0 Å². The fourth-order valence-electron chi connectivity index (χ4n) is 0.980. The molecule has 0 saturated carbocycles. The van der Waals surface area contributed by atoms with Crippen LogP contribution in [-0.4, -0.2) is 28.8 Å². The third kappa shape index (κ3) is 3.76. The Balaban J connectivity index is 2.86. The Labute approximate surface area is 102 Å². The number of rotatable bonds is 4. The molecule has 6 nitrogen and oxygen atoms in total. The second-order valence-corrected chi connectivity index (χ2v) is 3.23. The number of anilines is 1. The molecule has 0 bridgehead atoms. The van der Waals surface area contributed by atoms with Crippen molar-refractivity contribution in [1.29, 1.82) is 0 Å². The monoisotopic (exact) mass is 256 g/mol. The van der Waals surface area contributed by atoms with Crippen molar-refractivity contribution >= 4 is 29.4 Å². The van der Waals surface area contributed by atoms with Gasteiger partial charge in [0, 0.05) is 0 Å². The third-order valence-corrected chi connectivity index (χ3v) is 1.84. The molecule has 0 atom stereocenters. The summed E-state index contributed by atoms with van der Waals surface area (Å²) >= 11 is 5.55. The van der Waals surface area contributed by atoms with E-state index in [-0.39, 0.29) is 23.1 Å². The molecule has 0 radical (unpaired) electrons. The fourth-order valence-corrected chi connectivity index (χ4v) is 1.13. The van der Waals surface area contributed by atoms with Crippen molar-refractivity contribution in [3.05, 3.63) is 35.6 Å². The van der Waals surface area contributed by atoms with Crippen LogP contribution in [-0.2, 0) is 4.74 Å². The van der Waals surface area contributed by atoms with Gasteiger partial charge in [0.25, 0.3) is 0 Å². The first-order chi connectivity index (χ1) is 8.04. The van der Waals surface area contributed by atoms with E-state index in [2.05, 4.69) is 21.6 Å². The highest BCUT2D eigenvalue weighted by Crippen LogP contribution is 2.17. The molecule has 0 fully saturated rings. The van der Waals surface area contributed by atoms with Gasteiger partial charge in [-0.05, 0) is 12.1 Å². The largest absolute Gasteiger partial charge is 0.476 e. The predicted molar refractivity (Wildman–Crippen MR) is 61.4 cm³/mol. The van der Waals surface area contributed by atoms with Crippen LogP contribution >= 0.6 is 11.6 Å². The van der Waals surface area contributed by atoms with Crippen LogP contribution in [0.2, 0.25) is 5.15 Å². The molecule has 1 rings (SSSR count). The molecule has 0 saturated heterocycles. The SMILES string of the molecule is C=CCOC(=O)Nc1ccc(Cl)nc1C(=O)O. The van der Waals surface area contributed by atoms with Gasteiger partial charge >= 0.3 is 12.1 Å². The highest BCUT2D eigenvalue weighted by Gasteiger charge is 2.15. The van der Waals surface area contributed by atoms with Gasteiger partial charge in [-0.15, -0.1) is 0 Å². The van der Waals surface area contributed by atoms with E-state index in [1.807, 2.05) is 0 Å². The molecule has 90 valence electrons. The summed E-state index contributed by atoms with van der Waals surface area (Å²) in [6.45, 7) is 3.39. The Morgan fingerprint density at radius 3 is 2.88 bits per heavy atom. The van der Waals surface area contributed by atoms with Crippen LogP contribution in [0, 0.1) is 0 Å². The van der Waals surface area contributed by atoms with Crippen LogP contribution < -0.4 is 5.32 Å². The van der Waals surface area contributed by atoms with Crippen LogP contribution in [0.1, 0.15) is 10.5 Å². The topological polar surface area (TPSA) is 88.5 Å². The van der Waals surface area contributed by atoms with E-state index >= 15 is 0 Å². The van der Waals surface area contributed by atoms with Crippen LogP contribution in [0.3, 0.4) is 0 Å². The Morgan fingerprint density at radius 2 is 2.29 bits per heavy atom. The van der Waals surface area contributed by atoms with Crippen LogP contribution in [0.5, 0.6) is 0 Å². The second kappa shape index (κ2) is 5.86. The van der Waals surface area contributed by atoms with Crippen molar-refractivity contribution < 1.29 is 19.4 Å². The van der Waals surface area contributed by atoms with Crippen molar-refractivity contribution in [3.63, 3.8) is 0 Å². The van der Waals surface area contributed by atoms with Crippen molar-refractivity contribution in [3.8, 4) is 0 Å². The number of hydrogen-bond acceptors (Lipinski definition) is 4. The number of aromatic carboxylic acids is 1. The Morgan fingerprint density at radius 1 is 1.59 bits per heavy atom. The number of ether oxygens (including phenoxy) is 1. The smallest absolute Gasteiger partial charge is 0.412 e. The minimum atomic E-state index is -1.30. The third-order valence-electron chi connectivity index (χ3n) is 1.63. The Bertz CT molecular complexity index is 462. The van der Waals surface area contributed by atoms with E-state index in [1.165, 1.54) is 18.2 Å². The van der Waals surface area contributed by atoms with E-state index in [1.54, 1.807) is 0 Å². The number of nitrogens with one attached hydrogen (secondary N) is 1. The quantitative estimate of drug-likeness (QED) is 0.637. The minimum Gasteiger partial charge on any atom is -0.476 e. The van der Waals surface area contributed by atoms with Gasteiger partial charge in [-0.2, -0.15) is 0 Å². The summed E-state index contributed by atoms with van der Waals surface area (Å²) in [7, 11) is 0. The molecule has 0 aliphatic rings. The number of aromatic nitrogens is 1. The van der Waals surface area contributed by atoms with E-state index in [0.29, 0.717) is 0 Å². The fraction of sp³-hybridized carbons (Fsp3) is 0.100. The maximum absolute atomic E-state index is 11.2. The average Bonchev–Trinajstić information content (AvgIpc) is 2.28. The van der Waals surface area contributed by atoms with Gasteiger partial charge in [0.2, 0.25) is 0 Å². The number of halogens is 1. The number of hydrogen-bond donors (Lipinski definition) is 2. The second-order valence-electron chi connectivity index (χ2n) is 2.85. The zero-order valence-corrected chi connectivity index (χ0v) is 9.40. The van der Waals surface area contributed by atoms with Crippen molar-refractivity contribution in [1.82, 2.24) is 4.98 Å². The zero-order valence-electron chi connectivity index (χ0n) is 8.64.